The molecule has 0 bridgehead atoms. The molecule has 1 rings (SSSR count). The molecule has 0 fully saturated rings. The van der Waals surface area contributed by atoms with Gasteiger partial charge in [-0.3, -0.25) is 0 Å². The molecule has 1 aromatic rings. The van der Waals surface area contributed by atoms with Crippen LogP contribution in [0.15, 0.2) is 35.2 Å². The summed E-state index contributed by atoms with van der Waals surface area (Å²) >= 11 is 0. The summed E-state index contributed by atoms with van der Waals surface area (Å²) in [6, 6.07) is 8.28. The second-order valence-corrected chi connectivity index (χ2v) is 5.38. The number of hydrogen-bond acceptors (Lipinski definition) is 3. The summed E-state index contributed by atoms with van der Waals surface area (Å²) in [4.78, 5) is 0.320. The van der Waals surface area contributed by atoms with Gasteiger partial charge in [-0.15, -0.1) is 0 Å². The molecule has 1 atom stereocenters. The molecule has 78 valence electrons. The van der Waals surface area contributed by atoms with Crippen molar-refractivity contribution in [3.8, 4) is 0 Å². The average molecular weight is 214 g/mol. The van der Waals surface area contributed by atoms with Crippen molar-refractivity contribution in [2.75, 3.05) is 5.75 Å². The molecule has 0 saturated heterocycles. The predicted octanol–water partition coefficient (Wildman–Crippen LogP) is 1.23. The van der Waals surface area contributed by atoms with Crippen LogP contribution >= 0.6 is 0 Å². The van der Waals surface area contributed by atoms with Crippen molar-refractivity contribution in [1.82, 2.24) is 0 Å². The molecule has 1 aromatic carbocycles. The van der Waals surface area contributed by atoms with Crippen LogP contribution in [0.25, 0.3) is 0 Å². The topological polar surface area (TPSA) is 54.4 Å². The molecule has 0 aliphatic heterocycles. The van der Waals surface area contributed by atoms with Gasteiger partial charge in [-0.05, 0) is 25.5 Å². The summed E-state index contributed by atoms with van der Waals surface area (Å²) in [5, 5.41) is 9.00. The van der Waals surface area contributed by atoms with Gasteiger partial charge in [0.2, 0.25) is 0 Å². The third-order valence-electron chi connectivity index (χ3n) is 1.91. The molecule has 0 amide bonds. The smallest absolute Gasteiger partial charge is 0.178 e. The lowest BCUT2D eigenvalue weighted by molar-refractivity contribution is 0.191. The number of aliphatic hydroxyl groups is 1. The van der Waals surface area contributed by atoms with Crippen molar-refractivity contribution in [1.29, 1.82) is 0 Å². The van der Waals surface area contributed by atoms with Gasteiger partial charge in [-0.2, -0.15) is 0 Å². The molecular formula is C10H14O3S. The van der Waals surface area contributed by atoms with Gasteiger partial charge in [0.05, 0.1) is 16.8 Å². The maximum absolute atomic E-state index is 11.6. The second kappa shape index (κ2) is 4.57. The van der Waals surface area contributed by atoms with Crippen LogP contribution in [0.3, 0.4) is 0 Å². The minimum atomic E-state index is -3.22. The molecule has 0 radical (unpaired) electrons. The Labute approximate surface area is 84.3 Å². The van der Waals surface area contributed by atoms with E-state index in [1.807, 2.05) is 0 Å². The van der Waals surface area contributed by atoms with E-state index < -0.39 is 15.9 Å². The predicted molar refractivity (Wildman–Crippen MR) is 54.8 cm³/mol. The fraction of sp³-hybridized carbons (Fsp3) is 0.400. The molecule has 0 unspecified atom stereocenters. The monoisotopic (exact) mass is 214 g/mol. The van der Waals surface area contributed by atoms with E-state index in [0.717, 1.165) is 0 Å². The Morgan fingerprint density at radius 2 is 1.86 bits per heavy atom. The molecule has 1 N–H and O–H groups in total. The zero-order valence-corrected chi connectivity index (χ0v) is 8.87. The minimum absolute atomic E-state index is 0.00528. The molecule has 0 aliphatic rings. The van der Waals surface area contributed by atoms with Crippen LogP contribution in [0.5, 0.6) is 0 Å². The first kappa shape index (κ1) is 11.2. The molecule has 0 spiro atoms. The Kier molecular flexibility index (Phi) is 3.66. The van der Waals surface area contributed by atoms with Crippen LogP contribution in [0.1, 0.15) is 13.3 Å². The molecule has 0 aromatic heterocycles. The van der Waals surface area contributed by atoms with Crippen molar-refractivity contribution in [3.05, 3.63) is 30.3 Å². The van der Waals surface area contributed by atoms with Gasteiger partial charge in [0.15, 0.2) is 9.84 Å². The first-order valence-corrected chi connectivity index (χ1v) is 6.13. The lowest BCUT2D eigenvalue weighted by Gasteiger charge is -2.05. The lowest BCUT2D eigenvalue weighted by Crippen LogP contribution is -2.12. The van der Waals surface area contributed by atoms with Gasteiger partial charge in [0.25, 0.3) is 0 Å². The highest BCUT2D eigenvalue weighted by Crippen LogP contribution is 2.11. The molecular weight excluding hydrogens is 200 g/mol. The summed E-state index contributed by atoms with van der Waals surface area (Å²) in [5.41, 5.74) is 0. The van der Waals surface area contributed by atoms with Gasteiger partial charge >= 0.3 is 0 Å². The van der Waals surface area contributed by atoms with Crippen LogP contribution in [0.4, 0.5) is 0 Å². The largest absolute Gasteiger partial charge is 0.393 e. The average Bonchev–Trinajstić information content (AvgIpc) is 2.16. The van der Waals surface area contributed by atoms with Gasteiger partial charge in [-0.1, -0.05) is 18.2 Å². The summed E-state index contributed by atoms with van der Waals surface area (Å²) in [6.45, 7) is 1.58. The summed E-state index contributed by atoms with van der Waals surface area (Å²) in [6.07, 6.45) is -0.300. The van der Waals surface area contributed by atoms with Crippen molar-refractivity contribution < 1.29 is 13.5 Å². The van der Waals surface area contributed by atoms with Gasteiger partial charge < -0.3 is 5.11 Å². The quantitative estimate of drug-likeness (QED) is 0.820. The third kappa shape index (κ3) is 3.12. The molecule has 0 saturated carbocycles. The maximum atomic E-state index is 11.6. The first-order valence-electron chi connectivity index (χ1n) is 4.48. The van der Waals surface area contributed by atoms with E-state index >= 15 is 0 Å². The van der Waals surface area contributed by atoms with Crippen LogP contribution < -0.4 is 0 Å². The van der Waals surface area contributed by atoms with Crippen LogP contribution in [0.2, 0.25) is 0 Å². The number of hydrogen-bond donors (Lipinski definition) is 1. The normalized spacial score (nSPS) is 13.9. The van der Waals surface area contributed by atoms with Gasteiger partial charge in [-0.25, -0.2) is 8.42 Å². The van der Waals surface area contributed by atoms with E-state index in [-0.39, 0.29) is 12.2 Å². The first-order chi connectivity index (χ1) is 6.52. The Bertz CT molecular complexity index is 368. The highest BCUT2D eigenvalue weighted by atomic mass is 32.2. The number of aliphatic hydroxyl groups excluding tert-OH is 1. The molecule has 0 heterocycles. The molecule has 3 nitrogen and oxygen atoms in total. The van der Waals surface area contributed by atoms with Gasteiger partial charge in [0.1, 0.15) is 0 Å². The zero-order chi connectivity index (χ0) is 10.6. The van der Waals surface area contributed by atoms with Gasteiger partial charge in [0, 0.05) is 0 Å². The van der Waals surface area contributed by atoms with E-state index in [9.17, 15) is 8.42 Å². The standard InChI is InChI=1S/C10H14O3S/c1-9(11)7-8-14(12,13)10-5-3-2-4-6-10/h2-6,9,11H,7-8H2,1H3/t9-/m1/s1. The highest BCUT2D eigenvalue weighted by Gasteiger charge is 2.14. The van der Waals surface area contributed by atoms with Crippen molar-refractivity contribution >= 4 is 9.84 Å². The SMILES string of the molecule is C[C@@H](O)CCS(=O)(=O)c1ccccc1. The van der Waals surface area contributed by atoms with E-state index in [0.29, 0.717) is 4.90 Å². The molecule has 14 heavy (non-hydrogen) atoms. The fourth-order valence-electron chi connectivity index (χ4n) is 1.07. The summed E-state index contributed by atoms with van der Waals surface area (Å²) < 4.78 is 23.3. The van der Waals surface area contributed by atoms with Crippen LogP contribution in [0, 0.1) is 0 Å². The fourth-order valence-corrected chi connectivity index (χ4v) is 2.53. The Morgan fingerprint density at radius 3 is 2.36 bits per heavy atom. The number of sulfone groups is 1. The second-order valence-electron chi connectivity index (χ2n) is 3.27. The zero-order valence-electron chi connectivity index (χ0n) is 8.05. The third-order valence-corrected chi connectivity index (χ3v) is 3.67. The van der Waals surface area contributed by atoms with E-state index in [1.54, 1.807) is 37.3 Å². The van der Waals surface area contributed by atoms with Crippen LogP contribution in [-0.2, 0) is 9.84 Å². The Balaban J connectivity index is 2.77. The minimum Gasteiger partial charge on any atom is -0.393 e. The van der Waals surface area contributed by atoms with Crippen molar-refractivity contribution in [2.24, 2.45) is 0 Å². The van der Waals surface area contributed by atoms with Crippen LogP contribution in [-0.4, -0.2) is 25.4 Å². The van der Waals surface area contributed by atoms with E-state index in [1.165, 1.54) is 0 Å². The summed E-state index contributed by atoms with van der Waals surface area (Å²) in [5.74, 6) is -0.00528. The van der Waals surface area contributed by atoms with Crippen molar-refractivity contribution in [3.63, 3.8) is 0 Å². The number of benzene rings is 1. The highest BCUT2D eigenvalue weighted by molar-refractivity contribution is 7.91. The Hall–Kier alpha value is -0.870. The number of rotatable bonds is 4. The maximum Gasteiger partial charge on any atom is 0.178 e. The van der Waals surface area contributed by atoms with E-state index in [2.05, 4.69) is 0 Å². The summed E-state index contributed by atoms with van der Waals surface area (Å²) in [7, 11) is -3.22. The van der Waals surface area contributed by atoms with Crippen molar-refractivity contribution in [2.45, 2.75) is 24.3 Å². The lowest BCUT2D eigenvalue weighted by atomic mass is 10.3. The Morgan fingerprint density at radius 1 is 1.29 bits per heavy atom. The molecule has 4 heteroatoms. The van der Waals surface area contributed by atoms with E-state index in [4.69, 9.17) is 5.11 Å². The molecule has 0 aliphatic carbocycles.